The standard InChI is InChI=1S/C9H16N2O4S/c12-4-7(9(14)15)11-8(13)3-6-5-16-2-1-10-6/h6-7,10,12H,1-5H2,(H,11,13)(H,14,15). The van der Waals surface area contributed by atoms with Crippen LogP contribution in [0.3, 0.4) is 0 Å². The van der Waals surface area contributed by atoms with E-state index < -0.39 is 18.6 Å². The maximum absolute atomic E-state index is 11.5. The minimum Gasteiger partial charge on any atom is -0.480 e. The Morgan fingerprint density at radius 1 is 1.56 bits per heavy atom. The lowest BCUT2D eigenvalue weighted by Gasteiger charge is -2.23. The highest BCUT2D eigenvalue weighted by atomic mass is 32.2. The molecule has 0 bridgehead atoms. The molecule has 16 heavy (non-hydrogen) atoms. The molecule has 2 atom stereocenters. The fraction of sp³-hybridized carbons (Fsp3) is 0.778. The Hall–Kier alpha value is -0.790. The highest BCUT2D eigenvalue weighted by Crippen LogP contribution is 2.09. The van der Waals surface area contributed by atoms with Crippen molar-refractivity contribution in [3.63, 3.8) is 0 Å². The van der Waals surface area contributed by atoms with Crippen LogP contribution < -0.4 is 10.6 Å². The second-order valence-electron chi connectivity index (χ2n) is 3.57. The van der Waals surface area contributed by atoms with Crippen molar-refractivity contribution < 1.29 is 19.8 Å². The summed E-state index contributed by atoms with van der Waals surface area (Å²) in [6.45, 7) is 0.277. The van der Waals surface area contributed by atoms with E-state index in [0.29, 0.717) is 0 Å². The molecule has 1 fully saturated rings. The fourth-order valence-corrected chi connectivity index (χ4v) is 2.36. The van der Waals surface area contributed by atoms with Crippen LogP contribution in [0.4, 0.5) is 0 Å². The molecule has 1 amide bonds. The average molecular weight is 248 g/mol. The molecule has 1 heterocycles. The lowest BCUT2D eigenvalue weighted by Crippen LogP contribution is -2.47. The van der Waals surface area contributed by atoms with Crippen molar-refractivity contribution in [1.82, 2.24) is 10.6 Å². The van der Waals surface area contributed by atoms with Gasteiger partial charge in [0.25, 0.3) is 0 Å². The Labute approximate surface area is 97.8 Å². The number of hydrogen-bond donors (Lipinski definition) is 4. The third-order valence-electron chi connectivity index (χ3n) is 2.25. The summed E-state index contributed by atoms with van der Waals surface area (Å²) in [4.78, 5) is 22.0. The first-order valence-corrected chi connectivity index (χ1v) is 6.23. The van der Waals surface area contributed by atoms with Gasteiger partial charge in [0.1, 0.15) is 6.04 Å². The van der Waals surface area contributed by atoms with Gasteiger partial charge >= 0.3 is 5.97 Å². The van der Waals surface area contributed by atoms with E-state index in [4.69, 9.17) is 10.2 Å². The van der Waals surface area contributed by atoms with Crippen LogP contribution in [0.2, 0.25) is 0 Å². The van der Waals surface area contributed by atoms with Crippen molar-refractivity contribution in [2.75, 3.05) is 24.7 Å². The molecule has 0 radical (unpaired) electrons. The summed E-state index contributed by atoms with van der Waals surface area (Å²) in [7, 11) is 0. The highest BCUT2D eigenvalue weighted by Gasteiger charge is 2.21. The number of aliphatic hydroxyl groups is 1. The van der Waals surface area contributed by atoms with Gasteiger partial charge in [0.15, 0.2) is 0 Å². The molecule has 4 N–H and O–H groups in total. The first kappa shape index (κ1) is 13.3. The van der Waals surface area contributed by atoms with Crippen LogP contribution >= 0.6 is 11.8 Å². The van der Waals surface area contributed by atoms with E-state index in [1.54, 1.807) is 11.8 Å². The molecule has 6 nitrogen and oxygen atoms in total. The van der Waals surface area contributed by atoms with E-state index in [1.807, 2.05) is 0 Å². The normalized spacial score (nSPS) is 22.4. The van der Waals surface area contributed by atoms with E-state index in [2.05, 4.69) is 10.6 Å². The SMILES string of the molecule is O=C(CC1CSCCN1)NC(CO)C(=O)O. The van der Waals surface area contributed by atoms with Crippen molar-refractivity contribution in [3.8, 4) is 0 Å². The number of rotatable bonds is 5. The number of carbonyl (C=O) groups excluding carboxylic acids is 1. The van der Waals surface area contributed by atoms with Crippen LogP contribution in [-0.2, 0) is 9.59 Å². The summed E-state index contributed by atoms with van der Waals surface area (Å²) in [5, 5.41) is 22.8. The van der Waals surface area contributed by atoms with Crippen molar-refractivity contribution in [1.29, 1.82) is 0 Å². The molecule has 1 saturated heterocycles. The van der Waals surface area contributed by atoms with Crippen LogP contribution in [0.5, 0.6) is 0 Å². The number of aliphatic hydroxyl groups excluding tert-OH is 1. The molecule has 1 rings (SSSR count). The predicted molar refractivity (Wildman–Crippen MR) is 60.4 cm³/mol. The first-order chi connectivity index (χ1) is 7.63. The molecular weight excluding hydrogens is 232 g/mol. The van der Waals surface area contributed by atoms with Crippen molar-refractivity contribution in [2.24, 2.45) is 0 Å². The molecule has 0 aromatic carbocycles. The summed E-state index contributed by atoms with van der Waals surface area (Å²) >= 11 is 1.77. The summed E-state index contributed by atoms with van der Waals surface area (Å²) in [5.41, 5.74) is 0. The van der Waals surface area contributed by atoms with Gasteiger partial charge in [-0.2, -0.15) is 11.8 Å². The van der Waals surface area contributed by atoms with Crippen LogP contribution in [-0.4, -0.2) is 58.8 Å². The summed E-state index contributed by atoms with van der Waals surface area (Å²) in [6.07, 6.45) is 0.247. The van der Waals surface area contributed by atoms with Gasteiger partial charge in [0, 0.05) is 30.5 Å². The monoisotopic (exact) mass is 248 g/mol. The zero-order chi connectivity index (χ0) is 12.0. The van der Waals surface area contributed by atoms with E-state index in [0.717, 1.165) is 18.1 Å². The van der Waals surface area contributed by atoms with E-state index in [-0.39, 0.29) is 18.4 Å². The van der Waals surface area contributed by atoms with Crippen molar-refractivity contribution in [2.45, 2.75) is 18.5 Å². The first-order valence-electron chi connectivity index (χ1n) is 5.07. The second-order valence-corrected chi connectivity index (χ2v) is 4.72. The number of carboxylic acid groups (broad SMARTS) is 1. The van der Waals surface area contributed by atoms with E-state index in [9.17, 15) is 9.59 Å². The zero-order valence-electron chi connectivity index (χ0n) is 8.81. The van der Waals surface area contributed by atoms with Gasteiger partial charge < -0.3 is 20.8 Å². The van der Waals surface area contributed by atoms with Gasteiger partial charge in [-0.25, -0.2) is 4.79 Å². The van der Waals surface area contributed by atoms with E-state index in [1.165, 1.54) is 0 Å². The van der Waals surface area contributed by atoms with Gasteiger partial charge in [-0.05, 0) is 0 Å². The number of hydrogen-bond acceptors (Lipinski definition) is 5. The minimum absolute atomic E-state index is 0.0897. The molecule has 0 aliphatic carbocycles. The predicted octanol–water partition coefficient (Wildman–Crippen LogP) is -1.36. The van der Waals surface area contributed by atoms with Crippen molar-refractivity contribution in [3.05, 3.63) is 0 Å². The van der Waals surface area contributed by atoms with Crippen LogP contribution in [0.25, 0.3) is 0 Å². The van der Waals surface area contributed by atoms with Gasteiger partial charge in [0.05, 0.1) is 6.61 Å². The van der Waals surface area contributed by atoms with Crippen LogP contribution in [0.1, 0.15) is 6.42 Å². The Morgan fingerprint density at radius 2 is 2.31 bits per heavy atom. The molecule has 0 spiro atoms. The summed E-state index contributed by atoms with van der Waals surface area (Å²) < 4.78 is 0. The quantitative estimate of drug-likeness (QED) is 0.480. The lowest BCUT2D eigenvalue weighted by molar-refractivity contribution is -0.143. The number of aliphatic carboxylic acids is 1. The van der Waals surface area contributed by atoms with Crippen molar-refractivity contribution >= 4 is 23.6 Å². The molecule has 2 unspecified atom stereocenters. The molecule has 92 valence electrons. The number of amides is 1. The Morgan fingerprint density at radius 3 is 2.81 bits per heavy atom. The third-order valence-corrected chi connectivity index (χ3v) is 3.38. The third kappa shape index (κ3) is 4.38. The maximum Gasteiger partial charge on any atom is 0.328 e. The Kier molecular flexibility index (Phi) is 5.58. The highest BCUT2D eigenvalue weighted by molar-refractivity contribution is 7.99. The number of carbonyl (C=O) groups is 2. The second kappa shape index (κ2) is 6.72. The van der Waals surface area contributed by atoms with E-state index >= 15 is 0 Å². The van der Waals surface area contributed by atoms with Gasteiger partial charge in [-0.3, -0.25) is 4.79 Å². The van der Waals surface area contributed by atoms with Crippen LogP contribution in [0, 0.1) is 0 Å². The summed E-state index contributed by atoms with van der Waals surface area (Å²) in [5.74, 6) is 0.319. The van der Waals surface area contributed by atoms with Crippen LogP contribution in [0.15, 0.2) is 0 Å². The molecule has 7 heteroatoms. The van der Waals surface area contributed by atoms with Gasteiger partial charge in [-0.15, -0.1) is 0 Å². The smallest absolute Gasteiger partial charge is 0.328 e. The number of carboxylic acids is 1. The lowest BCUT2D eigenvalue weighted by atomic mass is 10.2. The number of thioether (sulfide) groups is 1. The molecule has 1 aliphatic heterocycles. The minimum atomic E-state index is -1.22. The molecule has 0 aromatic rings. The Balaban J connectivity index is 2.31. The zero-order valence-corrected chi connectivity index (χ0v) is 9.63. The van der Waals surface area contributed by atoms with Gasteiger partial charge in [-0.1, -0.05) is 0 Å². The molecular formula is C9H16N2O4S. The molecule has 1 aliphatic rings. The topological polar surface area (TPSA) is 98.7 Å². The Bertz CT molecular complexity index is 256. The summed E-state index contributed by atoms with van der Waals surface area (Å²) in [6, 6.07) is -1.12. The van der Waals surface area contributed by atoms with Gasteiger partial charge in [0.2, 0.25) is 5.91 Å². The number of nitrogens with one attached hydrogen (secondary N) is 2. The maximum atomic E-state index is 11.5. The average Bonchev–Trinajstić information content (AvgIpc) is 2.27. The molecule has 0 saturated carbocycles. The largest absolute Gasteiger partial charge is 0.480 e. The fourth-order valence-electron chi connectivity index (χ4n) is 1.41. The molecule has 0 aromatic heterocycles.